The minimum Gasteiger partial charge on any atom is -0.382 e. The first kappa shape index (κ1) is 10.7. The molecule has 1 N–H and O–H groups in total. The van der Waals surface area contributed by atoms with Gasteiger partial charge in [0.1, 0.15) is 0 Å². The van der Waals surface area contributed by atoms with Crippen LogP contribution in [0.15, 0.2) is 54.6 Å². The van der Waals surface area contributed by atoms with E-state index < -0.39 is 0 Å². The third kappa shape index (κ3) is 3.13. The van der Waals surface area contributed by atoms with Crippen molar-refractivity contribution in [3.63, 3.8) is 0 Å². The van der Waals surface area contributed by atoms with Gasteiger partial charge in [0.25, 0.3) is 0 Å². The molecular weight excluding hydrogens is 194 g/mol. The molecule has 0 spiro atoms. The number of hydrogen-bond acceptors (Lipinski definition) is 1. The molecule has 2 aromatic rings. The van der Waals surface area contributed by atoms with E-state index in [2.05, 4.69) is 48.6 Å². The molecular formula is C15H16N. The summed E-state index contributed by atoms with van der Waals surface area (Å²) < 4.78 is 0. The molecule has 0 heterocycles. The lowest BCUT2D eigenvalue weighted by molar-refractivity contribution is 0.790. The first-order valence-corrected chi connectivity index (χ1v) is 5.61. The third-order valence-electron chi connectivity index (χ3n) is 2.52. The van der Waals surface area contributed by atoms with Gasteiger partial charge in [0.05, 0.1) is 0 Å². The summed E-state index contributed by atoms with van der Waals surface area (Å²) in [6.07, 6.45) is 1.04. The van der Waals surface area contributed by atoms with Crippen LogP contribution in [0.3, 0.4) is 0 Å². The predicted molar refractivity (Wildman–Crippen MR) is 68.5 cm³/mol. The van der Waals surface area contributed by atoms with Crippen molar-refractivity contribution in [2.75, 3.05) is 5.32 Å². The second-order valence-electron chi connectivity index (χ2n) is 4.02. The number of nitrogens with one attached hydrogen (secondary N) is 1. The van der Waals surface area contributed by atoms with Gasteiger partial charge in [0.15, 0.2) is 0 Å². The van der Waals surface area contributed by atoms with Crippen molar-refractivity contribution in [2.45, 2.75) is 19.4 Å². The summed E-state index contributed by atoms with van der Waals surface area (Å²) in [5.74, 6) is 0. The van der Waals surface area contributed by atoms with Gasteiger partial charge in [-0.05, 0) is 37.1 Å². The molecule has 1 atom stereocenters. The molecule has 0 aromatic heterocycles. The number of anilines is 1. The minimum absolute atomic E-state index is 0.435. The summed E-state index contributed by atoms with van der Waals surface area (Å²) in [5, 5.41) is 3.47. The van der Waals surface area contributed by atoms with Gasteiger partial charge in [-0.15, -0.1) is 0 Å². The SMILES string of the molecule is CC(Cc1ccccc1)Nc1cc[c]cc1. The molecule has 2 aromatic carbocycles. The van der Waals surface area contributed by atoms with E-state index in [1.165, 1.54) is 5.56 Å². The fourth-order valence-corrected chi connectivity index (χ4v) is 1.79. The second kappa shape index (κ2) is 5.36. The zero-order valence-electron chi connectivity index (χ0n) is 9.48. The molecule has 0 saturated carbocycles. The predicted octanol–water partition coefficient (Wildman–Crippen LogP) is 3.53. The van der Waals surface area contributed by atoms with Gasteiger partial charge in [-0.2, -0.15) is 0 Å². The number of rotatable bonds is 4. The molecule has 2 rings (SSSR count). The highest BCUT2D eigenvalue weighted by Crippen LogP contribution is 2.10. The average Bonchev–Trinajstić information content (AvgIpc) is 2.31. The van der Waals surface area contributed by atoms with Crippen LogP contribution in [0.1, 0.15) is 12.5 Å². The Balaban J connectivity index is 1.92. The van der Waals surface area contributed by atoms with Crippen LogP contribution in [0.5, 0.6) is 0 Å². The molecule has 0 aliphatic rings. The monoisotopic (exact) mass is 210 g/mol. The molecule has 1 heteroatoms. The molecule has 81 valence electrons. The van der Waals surface area contributed by atoms with Crippen molar-refractivity contribution >= 4 is 5.69 Å². The smallest absolute Gasteiger partial charge is 0.0342 e. The Bertz CT molecular complexity index is 366. The molecule has 0 bridgehead atoms. The standard InChI is InChI=1S/C15H16N/c1-13(12-14-8-4-2-5-9-14)16-15-10-6-3-7-11-15/h2,4-11,13,16H,12H2,1H3. The van der Waals surface area contributed by atoms with Crippen LogP contribution < -0.4 is 5.32 Å². The quantitative estimate of drug-likeness (QED) is 0.814. The molecule has 0 saturated heterocycles. The van der Waals surface area contributed by atoms with Crippen LogP contribution in [0, 0.1) is 6.07 Å². The summed E-state index contributed by atoms with van der Waals surface area (Å²) in [5.41, 5.74) is 2.52. The average molecular weight is 210 g/mol. The fourth-order valence-electron chi connectivity index (χ4n) is 1.79. The van der Waals surface area contributed by atoms with Crippen molar-refractivity contribution in [2.24, 2.45) is 0 Å². The maximum absolute atomic E-state index is 3.47. The maximum Gasteiger partial charge on any atom is 0.0342 e. The summed E-state index contributed by atoms with van der Waals surface area (Å²) in [7, 11) is 0. The molecule has 16 heavy (non-hydrogen) atoms. The lowest BCUT2D eigenvalue weighted by Gasteiger charge is -2.15. The second-order valence-corrected chi connectivity index (χ2v) is 4.02. The van der Waals surface area contributed by atoms with E-state index in [0.717, 1.165) is 12.1 Å². The van der Waals surface area contributed by atoms with Crippen LogP contribution in [0.4, 0.5) is 5.69 Å². The highest BCUT2D eigenvalue weighted by atomic mass is 14.9. The molecule has 0 aliphatic heterocycles. The fraction of sp³-hybridized carbons (Fsp3) is 0.200. The Morgan fingerprint density at radius 3 is 2.44 bits per heavy atom. The molecule has 0 aliphatic carbocycles. The Morgan fingerprint density at radius 1 is 1.06 bits per heavy atom. The van der Waals surface area contributed by atoms with Crippen molar-refractivity contribution in [1.82, 2.24) is 0 Å². The number of benzene rings is 2. The van der Waals surface area contributed by atoms with Crippen LogP contribution in [0.25, 0.3) is 0 Å². The van der Waals surface area contributed by atoms with Gasteiger partial charge in [0.2, 0.25) is 0 Å². The Morgan fingerprint density at radius 2 is 1.75 bits per heavy atom. The van der Waals surface area contributed by atoms with Gasteiger partial charge < -0.3 is 5.32 Å². The molecule has 1 unspecified atom stereocenters. The van der Waals surface area contributed by atoms with Crippen LogP contribution in [0.2, 0.25) is 0 Å². The van der Waals surface area contributed by atoms with E-state index in [4.69, 9.17) is 0 Å². The third-order valence-corrected chi connectivity index (χ3v) is 2.52. The van der Waals surface area contributed by atoms with E-state index >= 15 is 0 Å². The van der Waals surface area contributed by atoms with E-state index in [1.807, 2.05) is 24.3 Å². The molecule has 1 nitrogen and oxygen atoms in total. The van der Waals surface area contributed by atoms with E-state index in [9.17, 15) is 0 Å². The van der Waals surface area contributed by atoms with Crippen molar-refractivity contribution in [3.8, 4) is 0 Å². The lowest BCUT2D eigenvalue weighted by atomic mass is 10.1. The van der Waals surface area contributed by atoms with Gasteiger partial charge in [-0.3, -0.25) is 0 Å². The maximum atomic E-state index is 3.47. The first-order chi connectivity index (χ1) is 7.84. The normalized spacial score (nSPS) is 12.1. The highest BCUT2D eigenvalue weighted by molar-refractivity contribution is 5.43. The van der Waals surface area contributed by atoms with Crippen LogP contribution in [-0.2, 0) is 6.42 Å². The molecule has 0 amide bonds. The zero-order valence-corrected chi connectivity index (χ0v) is 9.48. The Kier molecular flexibility index (Phi) is 3.60. The van der Waals surface area contributed by atoms with E-state index in [1.54, 1.807) is 0 Å². The summed E-state index contributed by atoms with van der Waals surface area (Å²) >= 11 is 0. The van der Waals surface area contributed by atoms with Crippen LogP contribution >= 0.6 is 0 Å². The van der Waals surface area contributed by atoms with E-state index in [0.29, 0.717) is 6.04 Å². The van der Waals surface area contributed by atoms with Gasteiger partial charge in [0, 0.05) is 11.7 Å². The van der Waals surface area contributed by atoms with E-state index in [-0.39, 0.29) is 0 Å². The Hall–Kier alpha value is -1.76. The largest absolute Gasteiger partial charge is 0.382 e. The van der Waals surface area contributed by atoms with Crippen LogP contribution in [-0.4, -0.2) is 6.04 Å². The zero-order chi connectivity index (χ0) is 11.2. The Labute approximate surface area is 97.1 Å². The minimum atomic E-state index is 0.435. The van der Waals surface area contributed by atoms with Crippen molar-refractivity contribution in [1.29, 1.82) is 0 Å². The summed E-state index contributed by atoms with van der Waals surface area (Å²) in [6.45, 7) is 2.20. The highest BCUT2D eigenvalue weighted by Gasteiger charge is 2.02. The summed E-state index contributed by atoms with van der Waals surface area (Å²) in [6, 6.07) is 21.9. The van der Waals surface area contributed by atoms with Gasteiger partial charge in [-0.1, -0.05) is 42.5 Å². The lowest BCUT2D eigenvalue weighted by Crippen LogP contribution is -2.17. The summed E-state index contributed by atoms with van der Waals surface area (Å²) in [4.78, 5) is 0. The molecule has 1 radical (unpaired) electrons. The first-order valence-electron chi connectivity index (χ1n) is 5.61. The topological polar surface area (TPSA) is 12.0 Å². The molecule has 0 fully saturated rings. The number of hydrogen-bond donors (Lipinski definition) is 1. The van der Waals surface area contributed by atoms with Crippen molar-refractivity contribution < 1.29 is 0 Å². The van der Waals surface area contributed by atoms with Gasteiger partial charge in [-0.25, -0.2) is 0 Å². The van der Waals surface area contributed by atoms with Crippen molar-refractivity contribution in [3.05, 3.63) is 66.2 Å². The van der Waals surface area contributed by atoms with Gasteiger partial charge >= 0.3 is 0 Å².